The molecule has 1 aromatic rings. The van der Waals surface area contributed by atoms with E-state index >= 15 is 0 Å². The summed E-state index contributed by atoms with van der Waals surface area (Å²) < 4.78 is 4.91. The van der Waals surface area contributed by atoms with Gasteiger partial charge in [-0.2, -0.15) is 0 Å². The lowest BCUT2D eigenvalue weighted by Gasteiger charge is -2.37. The summed E-state index contributed by atoms with van der Waals surface area (Å²) >= 11 is 0. The summed E-state index contributed by atoms with van der Waals surface area (Å²) in [5.41, 5.74) is 6.82. The topological polar surface area (TPSA) is 79.0 Å². The minimum absolute atomic E-state index is 0.0581. The number of benzene rings is 1. The van der Waals surface area contributed by atoms with Crippen molar-refractivity contribution in [2.75, 3.05) is 44.8 Å². The molecule has 110 valence electrons. The molecule has 1 unspecified atom stereocenters. The summed E-state index contributed by atoms with van der Waals surface area (Å²) in [6.07, 6.45) is 0. The Morgan fingerprint density at radius 2 is 1.90 bits per heavy atom. The number of ether oxygens (including phenoxy) is 1. The van der Waals surface area contributed by atoms with Gasteiger partial charge in [0, 0.05) is 39.0 Å². The van der Waals surface area contributed by atoms with Gasteiger partial charge in [0.1, 0.15) is 11.8 Å². The predicted molar refractivity (Wildman–Crippen MR) is 76.8 cm³/mol. The SMILES string of the molecule is COCC(N)C(=O)N1CCN(c2ccc(O)cc2)CC1. The molecule has 1 aliphatic rings. The van der Waals surface area contributed by atoms with Gasteiger partial charge in [0.2, 0.25) is 5.91 Å². The monoisotopic (exact) mass is 279 g/mol. The Balaban J connectivity index is 1.89. The molecule has 1 fully saturated rings. The van der Waals surface area contributed by atoms with Crippen molar-refractivity contribution in [2.45, 2.75) is 6.04 Å². The van der Waals surface area contributed by atoms with E-state index in [2.05, 4.69) is 4.90 Å². The Morgan fingerprint density at radius 1 is 1.30 bits per heavy atom. The van der Waals surface area contributed by atoms with Crippen LogP contribution in [0.15, 0.2) is 24.3 Å². The molecule has 0 radical (unpaired) electrons. The minimum atomic E-state index is -0.583. The summed E-state index contributed by atoms with van der Waals surface area (Å²) in [5, 5.41) is 9.28. The van der Waals surface area contributed by atoms with Crippen LogP contribution in [0.5, 0.6) is 5.75 Å². The fraction of sp³-hybridized carbons (Fsp3) is 0.500. The molecule has 1 aliphatic heterocycles. The highest BCUT2D eigenvalue weighted by molar-refractivity contribution is 5.82. The first-order valence-corrected chi connectivity index (χ1v) is 6.69. The lowest BCUT2D eigenvalue weighted by atomic mass is 10.2. The molecule has 1 atom stereocenters. The lowest BCUT2D eigenvalue weighted by Crippen LogP contribution is -2.54. The van der Waals surface area contributed by atoms with Crippen LogP contribution in [-0.2, 0) is 9.53 Å². The maximum absolute atomic E-state index is 12.0. The van der Waals surface area contributed by atoms with Crippen LogP contribution >= 0.6 is 0 Å². The number of nitrogens with zero attached hydrogens (tertiary/aromatic N) is 2. The zero-order valence-corrected chi connectivity index (χ0v) is 11.7. The van der Waals surface area contributed by atoms with Crippen molar-refractivity contribution in [3.8, 4) is 5.75 Å². The number of carbonyl (C=O) groups excluding carboxylic acids is 1. The van der Waals surface area contributed by atoms with Crippen LogP contribution in [0.3, 0.4) is 0 Å². The van der Waals surface area contributed by atoms with Gasteiger partial charge in [-0.1, -0.05) is 0 Å². The number of phenols is 1. The van der Waals surface area contributed by atoms with Crippen LogP contribution in [0.1, 0.15) is 0 Å². The standard InChI is InChI=1S/C14H21N3O3/c1-20-10-13(15)14(19)17-8-6-16(7-9-17)11-2-4-12(18)5-3-11/h2-5,13,18H,6-10,15H2,1H3. The van der Waals surface area contributed by atoms with Gasteiger partial charge in [-0.25, -0.2) is 0 Å². The summed E-state index contributed by atoms with van der Waals surface area (Å²) in [6, 6.07) is 6.51. The van der Waals surface area contributed by atoms with Gasteiger partial charge in [0.05, 0.1) is 6.61 Å². The van der Waals surface area contributed by atoms with Crippen LogP contribution in [0.4, 0.5) is 5.69 Å². The molecule has 0 bridgehead atoms. The number of rotatable bonds is 4. The zero-order valence-electron chi connectivity index (χ0n) is 11.7. The average molecular weight is 279 g/mol. The molecule has 0 saturated carbocycles. The van der Waals surface area contributed by atoms with Crippen molar-refractivity contribution in [2.24, 2.45) is 5.73 Å². The smallest absolute Gasteiger partial charge is 0.241 e. The van der Waals surface area contributed by atoms with Crippen molar-refractivity contribution in [3.63, 3.8) is 0 Å². The highest BCUT2D eigenvalue weighted by Gasteiger charge is 2.25. The molecule has 0 spiro atoms. The molecule has 6 heteroatoms. The maximum Gasteiger partial charge on any atom is 0.241 e. The molecule has 1 amide bonds. The van der Waals surface area contributed by atoms with Gasteiger partial charge in [-0.05, 0) is 24.3 Å². The Labute approximate surface area is 118 Å². The number of nitrogens with two attached hydrogens (primary N) is 1. The van der Waals surface area contributed by atoms with Crippen LogP contribution in [0.25, 0.3) is 0 Å². The van der Waals surface area contributed by atoms with Crippen LogP contribution < -0.4 is 10.6 Å². The molecule has 1 heterocycles. The number of carbonyl (C=O) groups is 1. The Hall–Kier alpha value is -1.79. The van der Waals surface area contributed by atoms with Crippen LogP contribution in [0, 0.1) is 0 Å². The van der Waals surface area contributed by atoms with E-state index in [0.29, 0.717) is 13.1 Å². The lowest BCUT2D eigenvalue weighted by molar-refractivity contribution is -0.134. The first-order valence-electron chi connectivity index (χ1n) is 6.69. The maximum atomic E-state index is 12.0. The predicted octanol–water partition coefficient (Wildman–Crippen LogP) is 0.0145. The van der Waals surface area contributed by atoms with Gasteiger partial charge in [-0.15, -0.1) is 0 Å². The summed E-state index contributed by atoms with van der Waals surface area (Å²) in [7, 11) is 1.54. The molecule has 20 heavy (non-hydrogen) atoms. The second-order valence-electron chi connectivity index (χ2n) is 4.89. The summed E-state index contributed by atoms with van der Waals surface area (Å²) in [4.78, 5) is 16.0. The van der Waals surface area contributed by atoms with Crippen LogP contribution in [0.2, 0.25) is 0 Å². The van der Waals surface area contributed by atoms with Gasteiger partial charge in [0.15, 0.2) is 0 Å². The van der Waals surface area contributed by atoms with E-state index in [0.717, 1.165) is 18.8 Å². The molecule has 6 nitrogen and oxygen atoms in total. The number of hydrogen-bond acceptors (Lipinski definition) is 5. The molecule has 0 aliphatic carbocycles. The van der Waals surface area contributed by atoms with Crippen molar-refractivity contribution in [1.29, 1.82) is 0 Å². The van der Waals surface area contributed by atoms with Crippen molar-refractivity contribution in [1.82, 2.24) is 4.90 Å². The molecule has 3 N–H and O–H groups in total. The van der Waals surface area contributed by atoms with Gasteiger partial charge in [-0.3, -0.25) is 4.79 Å². The third-order valence-corrected chi connectivity index (χ3v) is 3.47. The highest BCUT2D eigenvalue weighted by atomic mass is 16.5. The van der Waals surface area contributed by atoms with E-state index in [4.69, 9.17) is 10.5 Å². The largest absolute Gasteiger partial charge is 0.508 e. The Morgan fingerprint density at radius 3 is 2.45 bits per heavy atom. The Bertz CT molecular complexity index is 441. The number of phenolic OH excluding ortho intramolecular Hbond substituents is 1. The number of amides is 1. The normalized spacial score (nSPS) is 17.1. The Kier molecular flexibility index (Phi) is 4.81. The van der Waals surface area contributed by atoms with Gasteiger partial charge in [0.25, 0.3) is 0 Å². The van der Waals surface area contributed by atoms with Crippen molar-refractivity contribution in [3.05, 3.63) is 24.3 Å². The van der Waals surface area contributed by atoms with E-state index in [1.54, 1.807) is 17.0 Å². The number of aromatic hydroxyl groups is 1. The third-order valence-electron chi connectivity index (χ3n) is 3.47. The van der Waals surface area contributed by atoms with Gasteiger partial charge < -0.3 is 25.4 Å². The zero-order chi connectivity index (χ0) is 14.5. The van der Waals surface area contributed by atoms with Gasteiger partial charge >= 0.3 is 0 Å². The quantitative estimate of drug-likeness (QED) is 0.812. The van der Waals surface area contributed by atoms with Crippen molar-refractivity contribution < 1.29 is 14.6 Å². The number of piperazine rings is 1. The average Bonchev–Trinajstić information content (AvgIpc) is 2.48. The fourth-order valence-electron chi connectivity index (χ4n) is 2.33. The second kappa shape index (κ2) is 6.58. The minimum Gasteiger partial charge on any atom is -0.508 e. The molecular formula is C14H21N3O3. The van der Waals surface area contributed by atoms with E-state index in [9.17, 15) is 9.90 Å². The highest BCUT2D eigenvalue weighted by Crippen LogP contribution is 2.19. The molecule has 1 saturated heterocycles. The van der Waals surface area contributed by atoms with E-state index < -0.39 is 6.04 Å². The van der Waals surface area contributed by atoms with E-state index in [1.807, 2.05) is 12.1 Å². The first kappa shape index (κ1) is 14.6. The summed E-state index contributed by atoms with van der Waals surface area (Å²) in [6.45, 7) is 3.07. The summed E-state index contributed by atoms with van der Waals surface area (Å²) in [5.74, 6) is 0.199. The molecular weight excluding hydrogens is 258 g/mol. The number of hydrogen-bond donors (Lipinski definition) is 2. The second-order valence-corrected chi connectivity index (χ2v) is 4.89. The molecule has 0 aromatic heterocycles. The molecule has 1 aromatic carbocycles. The third kappa shape index (κ3) is 3.40. The number of methoxy groups -OCH3 is 1. The molecule has 2 rings (SSSR count). The first-order chi connectivity index (χ1) is 9.61. The fourth-order valence-corrected chi connectivity index (χ4v) is 2.33. The van der Waals surface area contributed by atoms with E-state index in [-0.39, 0.29) is 18.3 Å². The van der Waals surface area contributed by atoms with Crippen molar-refractivity contribution >= 4 is 11.6 Å². The number of anilines is 1. The van der Waals surface area contributed by atoms with Crippen LogP contribution in [-0.4, -0.2) is 61.9 Å². The van der Waals surface area contributed by atoms with E-state index in [1.165, 1.54) is 7.11 Å².